The van der Waals surface area contributed by atoms with Gasteiger partial charge in [-0.25, -0.2) is 4.39 Å². The van der Waals surface area contributed by atoms with Crippen LogP contribution >= 0.6 is 0 Å². The highest BCUT2D eigenvalue weighted by molar-refractivity contribution is 5.83. The number of carbonyl (C=O) groups excluding carboxylic acids is 2. The maximum Gasteiger partial charge on any atom is 0.227 e. The summed E-state index contributed by atoms with van der Waals surface area (Å²) in [6.07, 6.45) is 2.07. The van der Waals surface area contributed by atoms with Gasteiger partial charge in [-0.05, 0) is 37.0 Å². The van der Waals surface area contributed by atoms with Crippen molar-refractivity contribution in [1.82, 2.24) is 10.2 Å². The van der Waals surface area contributed by atoms with Crippen molar-refractivity contribution in [3.8, 4) is 5.75 Å². The molecule has 1 aromatic carbocycles. The van der Waals surface area contributed by atoms with Crippen molar-refractivity contribution in [2.45, 2.75) is 46.6 Å². The third kappa shape index (κ3) is 4.82. The van der Waals surface area contributed by atoms with E-state index >= 15 is 0 Å². The summed E-state index contributed by atoms with van der Waals surface area (Å²) in [5, 5.41) is 2.94. The van der Waals surface area contributed by atoms with Gasteiger partial charge in [0.15, 0.2) is 6.79 Å². The molecule has 2 amide bonds. The summed E-state index contributed by atoms with van der Waals surface area (Å²) < 4.78 is 24.5. The Kier molecular flexibility index (Phi) is 6.23. The largest absolute Gasteiger partial charge is 0.467 e. The van der Waals surface area contributed by atoms with E-state index in [1.807, 2.05) is 20.8 Å². The average Bonchev–Trinajstić information content (AvgIpc) is 2.66. The molecule has 0 saturated carbocycles. The van der Waals surface area contributed by atoms with Crippen LogP contribution < -0.4 is 10.1 Å². The number of likely N-dealkylation sites (tertiary alicyclic amines) is 1. The molecule has 1 N–H and O–H groups in total. The lowest BCUT2D eigenvalue weighted by atomic mass is 9.91. The van der Waals surface area contributed by atoms with Crippen LogP contribution in [0.3, 0.4) is 0 Å². The predicted molar refractivity (Wildman–Crippen MR) is 102 cm³/mol. The van der Waals surface area contributed by atoms with Gasteiger partial charge >= 0.3 is 0 Å². The molecule has 6 nitrogen and oxygen atoms in total. The van der Waals surface area contributed by atoms with E-state index in [0.29, 0.717) is 44.0 Å². The quantitative estimate of drug-likeness (QED) is 0.855. The molecule has 3 rings (SSSR count). The third-order valence-corrected chi connectivity index (χ3v) is 5.17. The molecule has 28 heavy (non-hydrogen) atoms. The van der Waals surface area contributed by atoms with E-state index in [2.05, 4.69) is 5.32 Å². The maximum absolute atomic E-state index is 13.8. The van der Waals surface area contributed by atoms with Gasteiger partial charge in [-0.1, -0.05) is 20.8 Å². The monoisotopic (exact) mass is 392 g/mol. The van der Waals surface area contributed by atoms with Gasteiger partial charge in [-0.3, -0.25) is 9.59 Å². The highest BCUT2D eigenvalue weighted by Gasteiger charge is 2.33. The molecular formula is C21H29FN2O4. The minimum Gasteiger partial charge on any atom is -0.467 e. The van der Waals surface area contributed by atoms with E-state index < -0.39 is 5.41 Å². The van der Waals surface area contributed by atoms with Crippen LogP contribution in [-0.2, 0) is 27.4 Å². The number of hydrogen-bond acceptors (Lipinski definition) is 4. The van der Waals surface area contributed by atoms with Crippen LogP contribution in [0.4, 0.5) is 4.39 Å². The normalized spacial score (nSPS) is 19.6. The average molecular weight is 392 g/mol. The Morgan fingerprint density at radius 3 is 2.86 bits per heavy atom. The second-order valence-corrected chi connectivity index (χ2v) is 8.55. The number of benzene rings is 1. The van der Waals surface area contributed by atoms with Crippen LogP contribution in [0.2, 0.25) is 0 Å². The molecule has 0 spiro atoms. The van der Waals surface area contributed by atoms with Crippen LogP contribution in [0, 0.1) is 17.2 Å². The number of halogens is 1. The van der Waals surface area contributed by atoms with Crippen molar-refractivity contribution in [2.75, 3.05) is 26.4 Å². The Morgan fingerprint density at radius 2 is 2.11 bits per heavy atom. The van der Waals surface area contributed by atoms with Crippen molar-refractivity contribution in [3.63, 3.8) is 0 Å². The molecule has 1 fully saturated rings. The van der Waals surface area contributed by atoms with Gasteiger partial charge in [0.2, 0.25) is 11.8 Å². The zero-order valence-corrected chi connectivity index (χ0v) is 16.8. The summed E-state index contributed by atoms with van der Waals surface area (Å²) in [6.45, 7) is 7.71. The Balaban J connectivity index is 1.55. The third-order valence-electron chi connectivity index (χ3n) is 5.17. The zero-order valence-electron chi connectivity index (χ0n) is 16.8. The highest BCUT2D eigenvalue weighted by Crippen LogP contribution is 2.29. The van der Waals surface area contributed by atoms with Gasteiger partial charge in [0, 0.05) is 30.6 Å². The van der Waals surface area contributed by atoms with Crippen molar-refractivity contribution in [3.05, 3.63) is 29.1 Å². The lowest BCUT2D eigenvalue weighted by Crippen LogP contribution is -2.48. The number of ether oxygens (including phenoxy) is 2. The molecule has 1 saturated heterocycles. The molecule has 0 aromatic heterocycles. The van der Waals surface area contributed by atoms with Gasteiger partial charge in [0.1, 0.15) is 11.6 Å². The summed E-state index contributed by atoms with van der Waals surface area (Å²) in [4.78, 5) is 26.9. The predicted octanol–water partition coefficient (Wildman–Crippen LogP) is 2.64. The first-order chi connectivity index (χ1) is 13.3. The molecule has 1 aromatic rings. The number of nitrogens with zero attached hydrogens (tertiary/aromatic N) is 1. The molecule has 7 heteroatoms. The first kappa shape index (κ1) is 20.6. The van der Waals surface area contributed by atoms with Gasteiger partial charge in [-0.2, -0.15) is 0 Å². The van der Waals surface area contributed by atoms with E-state index in [-0.39, 0.29) is 30.3 Å². The van der Waals surface area contributed by atoms with Crippen molar-refractivity contribution in [1.29, 1.82) is 0 Å². The molecule has 1 unspecified atom stereocenters. The van der Waals surface area contributed by atoms with Crippen LogP contribution in [0.15, 0.2) is 12.1 Å². The van der Waals surface area contributed by atoms with Gasteiger partial charge < -0.3 is 19.7 Å². The Labute approximate surface area is 165 Å². The van der Waals surface area contributed by atoms with Crippen molar-refractivity contribution < 1.29 is 23.5 Å². The van der Waals surface area contributed by atoms with Crippen LogP contribution in [0.25, 0.3) is 0 Å². The highest BCUT2D eigenvalue weighted by atomic mass is 19.1. The maximum atomic E-state index is 13.8. The number of hydrogen-bond donors (Lipinski definition) is 1. The number of amides is 2. The van der Waals surface area contributed by atoms with E-state index in [9.17, 15) is 14.0 Å². The van der Waals surface area contributed by atoms with Crippen LogP contribution in [0.1, 0.15) is 44.7 Å². The molecule has 154 valence electrons. The fraction of sp³-hybridized carbons (Fsp3) is 0.619. The van der Waals surface area contributed by atoms with Gasteiger partial charge in [-0.15, -0.1) is 0 Å². The lowest BCUT2D eigenvalue weighted by molar-refractivity contribution is -0.142. The first-order valence-corrected chi connectivity index (χ1v) is 9.84. The lowest BCUT2D eigenvalue weighted by Gasteiger charge is -2.35. The summed E-state index contributed by atoms with van der Waals surface area (Å²) in [5.41, 5.74) is 0.974. The van der Waals surface area contributed by atoms with E-state index in [1.165, 1.54) is 12.1 Å². The molecule has 2 heterocycles. The second-order valence-electron chi connectivity index (χ2n) is 8.55. The molecular weight excluding hydrogens is 363 g/mol. The fourth-order valence-corrected chi connectivity index (χ4v) is 3.76. The molecule has 0 bridgehead atoms. The summed E-state index contributed by atoms with van der Waals surface area (Å²) in [6, 6.07) is 2.86. The number of rotatable bonds is 4. The molecule has 0 radical (unpaired) electrons. The Morgan fingerprint density at radius 1 is 1.32 bits per heavy atom. The number of piperidine rings is 1. The van der Waals surface area contributed by atoms with Gasteiger partial charge in [0.05, 0.1) is 12.5 Å². The van der Waals surface area contributed by atoms with Crippen LogP contribution in [-0.4, -0.2) is 43.1 Å². The minimum atomic E-state index is -0.446. The number of carbonyl (C=O) groups is 2. The SMILES string of the molecule is CC(C)(C)C(=O)N1CCCC(C(=O)NCCc2cc(F)cc3c2OCOC3)C1. The van der Waals surface area contributed by atoms with Crippen molar-refractivity contribution in [2.24, 2.45) is 11.3 Å². The number of fused-ring (bicyclic) bond motifs is 1. The zero-order chi connectivity index (χ0) is 20.3. The molecule has 2 aliphatic rings. The second kappa shape index (κ2) is 8.47. The Bertz CT molecular complexity index is 745. The smallest absolute Gasteiger partial charge is 0.227 e. The topological polar surface area (TPSA) is 67.9 Å². The summed E-state index contributed by atoms with van der Waals surface area (Å²) >= 11 is 0. The molecule has 0 aliphatic carbocycles. The van der Waals surface area contributed by atoms with E-state index in [1.54, 1.807) is 4.90 Å². The van der Waals surface area contributed by atoms with Crippen molar-refractivity contribution >= 4 is 11.8 Å². The molecule has 2 aliphatic heterocycles. The first-order valence-electron chi connectivity index (χ1n) is 9.84. The number of nitrogens with one attached hydrogen (secondary N) is 1. The Hall–Kier alpha value is -2.15. The van der Waals surface area contributed by atoms with E-state index in [0.717, 1.165) is 18.4 Å². The van der Waals surface area contributed by atoms with Crippen LogP contribution in [0.5, 0.6) is 5.75 Å². The molecule has 1 atom stereocenters. The standard InChI is InChI=1S/C21H29FN2O4/c1-21(2,3)20(26)24-8-4-5-15(11-24)19(25)23-7-6-14-9-17(22)10-16-12-27-13-28-18(14)16/h9-10,15H,4-8,11-13H2,1-3H3,(H,23,25). The minimum absolute atomic E-state index is 0.0547. The van der Waals surface area contributed by atoms with E-state index in [4.69, 9.17) is 9.47 Å². The fourth-order valence-electron chi connectivity index (χ4n) is 3.76. The summed E-state index contributed by atoms with van der Waals surface area (Å²) in [7, 11) is 0. The summed E-state index contributed by atoms with van der Waals surface area (Å²) in [5.74, 6) is 0.141. The van der Waals surface area contributed by atoms with Gasteiger partial charge in [0.25, 0.3) is 0 Å².